The number of rotatable bonds is 5. The molecule has 1 N–H and O–H groups in total. The molecule has 0 bridgehead atoms. The van der Waals surface area contributed by atoms with Gasteiger partial charge in [0.25, 0.3) is 0 Å². The van der Waals surface area contributed by atoms with Crippen molar-refractivity contribution in [3.05, 3.63) is 63.2 Å². The second-order valence-corrected chi connectivity index (χ2v) is 6.85. The van der Waals surface area contributed by atoms with Gasteiger partial charge in [-0.15, -0.1) is 11.3 Å². The maximum Gasteiger partial charge on any atom is 0.190 e. The number of hydrogen-bond acceptors (Lipinski definition) is 4. The van der Waals surface area contributed by atoms with Gasteiger partial charge in [-0.05, 0) is 42.0 Å². The molecule has 0 radical (unpaired) electrons. The standard InChI is InChI=1S/C18H17BrN2O2S/c1-23-16-8-6-15(7-9-16)20-18-21(10-11-22)17(12-24-18)13-2-4-14(19)5-3-13/h2-9,12,22H,10-11H2,1H3. The van der Waals surface area contributed by atoms with E-state index in [2.05, 4.69) is 33.4 Å². The summed E-state index contributed by atoms with van der Waals surface area (Å²) < 4.78 is 8.25. The lowest BCUT2D eigenvalue weighted by Crippen LogP contribution is -2.17. The third-order valence-corrected chi connectivity index (χ3v) is 4.95. The van der Waals surface area contributed by atoms with Crippen LogP contribution in [-0.2, 0) is 6.54 Å². The third-order valence-electron chi connectivity index (χ3n) is 3.56. The van der Waals surface area contributed by atoms with Gasteiger partial charge in [-0.1, -0.05) is 28.1 Å². The maximum atomic E-state index is 9.43. The largest absolute Gasteiger partial charge is 0.497 e. The molecule has 3 aromatic rings. The SMILES string of the molecule is COc1ccc(N=c2scc(-c3ccc(Br)cc3)n2CCO)cc1. The highest BCUT2D eigenvalue weighted by atomic mass is 79.9. The molecular weight excluding hydrogens is 388 g/mol. The molecule has 0 aliphatic carbocycles. The number of nitrogens with zero attached hydrogens (tertiary/aromatic N) is 2. The van der Waals surface area contributed by atoms with Gasteiger partial charge < -0.3 is 14.4 Å². The summed E-state index contributed by atoms with van der Waals surface area (Å²) in [7, 11) is 1.64. The van der Waals surface area contributed by atoms with E-state index in [4.69, 9.17) is 9.73 Å². The van der Waals surface area contributed by atoms with Gasteiger partial charge in [0.1, 0.15) is 5.75 Å². The number of benzene rings is 2. The molecule has 4 nitrogen and oxygen atoms in total. The number of aromatic nitrogens is 1. The van der Waals surface area contributed by atoms with Crippen molar-refractivity contribution in [1.29, 1.82) is 0 Å². The zero-order valence-corrected chi connectivity index (χ0v) is 15.5. The predicted octanol–water partition coefficient (Wildman–Crippen LogP) is 4.21. The molecule has 0 saturated heterocycles. The quantitative estimate of drug-likeness (QED) is 0.691. The number of aliphatic hydroxyl groups excluding tert-OH is 1. The van der Waals surface area contributed by atoms with Crippen LogP contribution in [0.25, 0.3) is 11.3 Å². The highest BCUT2D eigenvalue weighted by Gasteiger charge is 2.08. The van der Waals surface area contributed by atoms with Gasteiger partial charge in [-0.3, -0.25) is 0 Å². The average molecular weight is 405 g/mol. The van der Waals surface area contributed by atoms with Gasteiger partial charge in [-0.25, -0.2) is 4.99 Å². The van der Waals surface area contributed by atoms with Crippen molar-refractivity contribution in [2.45, 2.75) is 6.54 Å². The third kappa shape index (κ3) is 3.77. The van der Waals surface area contributed by atoms with E-state index in [1.165, 1.54) is 0 Å². The van der Waals surface area contributed by atoms with Crippen LogP contribution in [0.4, 0.5) is 5.69 Å². The monoisotopic (exact) mass is 404 g/mol. The number of aliphatic hydroxyl groups is 1. The Morgan fingerprint density at radius 3 is 2.46 bits per heavy atom. The van der Waals surface area contributed by atoms with Gasteiger partial charge >= 0.3 is 0 Å². The molecule has 0 saturated carbocycles. The lowest BCUT2D eigenvalue weighted by atomic mass is 10.2. The average Bonchev–Trinajstić information content (AvgIpc) is 2.99. The van der Waals surface area contributed by atoms with E-state index in [-0.39, 0.29) is 6.61 Å². The van der Waals surface area contributed by atoms with Crippen LogP contribution in [0, 0.1) is 0 Å². The van der Waals surface area contributed by atoms with E-state index in [9.17, 15) is 5.11 Å². The van der Waals surface area contributed by atoms with E-state index in [0.717, 1.165) is 32.0 Å². The van der Waals surface area contributed by atoms with Crippen LogP contribution in [0.1, 0.15) is 0 Å². The van der Waals surface area contributed by atoms with Crippen LogP contribution in [-0.4, -0.2) is 23.4 Å². The van der Waals surface area contributed by atoms with Gasteiger partial charge in [0.15, 0.2) is 4.80 Å². The molecule has 1 heterocycles. The molecule has 1 aromatic heterocycles. The van der Waals surface area contributed by atoms with Crippen LogP contribution in [0.5, 0.6) is 5.75 Å². The Bertz CT molecular complexity index is 867. The number of hydrogen-bond donors (Lipinski definition) is 1. The van der Waals surface area contributed by atoms with Crippen molar-refractivity contribution in [1.82, 2.24) is 4.57 Å². The first-order chi connectivity index (χ1) is 11.7. The summed E-state index contributed by atoms with van der Waals surface area (Å²) in [5.74, 6) is 0.805. The molecule has 0 atom stereocenters. The number of halogens is 1. The normalized spacial score (nSPS) is 11.7. The summed E-state index contributed by atoms with van der Waals surface area (Å²) in [5.41, 5.74) is 3.00. The summed E-state index contributed by atoms with van der Waals surface area (Å²) in [6, 6.07) is 15.7. The molecule has 124 valence electrons. The number of methoxy groups -OCH3 is 1. The highest BCUT2D eigenvalue weighted by Crippen LogP contribution is 2.23. The van der Waals surface area contributed by atoms with Crippen LogP contribution >= 0.6 is 27.3 Å². The van der Waals surface area contributed by atoms with Crippen molar-refractivity contribution in [3.8, 4) is 17.0 Å². The van der Waals surface area contributed by atoms with Gasteiger partial charge in [0.05, 0.1) is 25.1 Å². The minimum absolute atomic E-state index is 0.0655. The van der Waals surface area contributed by atoms with Crippen LogP contribution in [0.3, 0.4) is 0 Å². The summed E-state index contributed by atoms with van der Waals surface area (Å²) in [6.07, 6.45) is 0. The molecule has 0 aliphatic heterocycles. The lowest BCUT2D eigenvalue weighted by Gasteiger charge is -2.07. The molecule has 2 aromatic carbocycles. The second-order valence-electron chi connectivity index (χ2n) is 5.10. The molecule has 6 heteroatoms. The highest BCUT2D eigenvalue weighted by molar-refractivity contribution is 9.10. The van der Waals surface area contributed by atoms with Crippen LogP contribution in [0.15, 0.2) is 63.4 Å². The van der Waals surface area contributed by atoms with Crippen LogP contribution < -0.4 is 9.54 Å². The molecule has 0 aliphatic rings. The van der Waals surface area contributed by atoms with Gasteiger partial charge in [-0.2, -0.15) is 0 Å². The smallest absolute Gasteiger partial charge is 0.190 e. The Kier molecular flexibility index (Phi) is 5.50. The fourth-order valence-corrected chi connectivity index (χ4v) is 3.57. The zero-order valence-electron chi connectivity index (χ0n) is 13.1. The molecular formula is C18H17BrN2O2S. The van der Waals surface area contributed by atoms with Crippen molar-refractivity contribution in [2.24, 2.45) is 4.99 Å². The van der Waals surface area contributed by atoms with Crippen LogP contribution in [0.2, 0.25) is 0 Å². The first-order valence-electron chi connectivity index (χ1n) is 7.45. The molecule has 0 spiro atoms. The predicted molar refractivity (Wildman–Crippen MR) is 101 cm³/mol. The Morgan fingerprint density at radius 2 is 1.83 bits per heavy atom. The molecule has 0 unspecified atom stereocenters. The Hall–Kier alpha value is -1.89. The van der Waals surface area contributed by atoms with Crippen molar-refractivity contribution >= 4 is 33.0 Å². The minimum atomic E-state index is 0.0655. The Morgan fingerprint density at radius 1 is 1.12 bits per heavy atom. The van der Waals surface area contributed by atoms with Gasteiger partial charge in [0, 0.05) is 16.4 Å². The first kappa shape index (κ1) is 17.0. The topological polar surface area (TPSA) is 46.8 Å². The Labute approximate surface area is 152 Å². The summed E-state index contributed by atoms with van der Waals surface area (Å²) in [6.45, 7) is 0.569. The number of ether oxygens (including phenoxy) is 1. The zero-order chi connectivity index (χ0) is 16.9. The Balaban J connectivity index is 2.04. The van der Waals surface area contributed by atoms with Gasteiger partial charge in [0.2, 0.25) is 0 Å². The summed E-state index contributed by atoms with van der Waals surface area (Å²) in [5, 5.41) is 11.5. The summed E-state index contributed by atoms with van der Waals surface area (Å²) >= 11 is 5.02. The van der Waals surface area contributed by atoms with Crippen molar-refractivity contribution in [3.63, 3.8) is 0 Å². The van der Waals surface area contributed by atoms with Crippen molar-refractivity contribution < 1.29 is 9.84 Å². The van der Waals surface area contributed by atoms with E-state index in [1.807, 2.05) is 41.0 Å². The fraction of sp³-hybridized carbons (Fsp3) is 0.167. The fourth-order valence-electron chi connectivity index (χ4n) is 2.35. The second kappa shape index (κ2) is 7.79. The van der Waals surface area contributed by atoms with E-state index in [1.54, 1.807) is 18.4 Å². The molecule has 3 rings (SSSR count). The van der Waals surface area contributed by atoms with E-state index >= 15 is 0 Å². The van der Waals surface area contributed by atoms with E-state index < -0.39 is 0 Å². The molecule has 0 amide bonds. The molecule has 0 fully saturated rings. The minimum Gasteiger partial charge on any atom is -0.497 e. The molecule has 24 heavy (non-hydrogen) atoms. The van der Waals surface area contributed by atoms with E-state index in [0.29, 0.717) is 6.54 Å². The lowest BCUT2D eigenvalue weighted by molar-refractivity contribution is 0.275. The maximum absolute atomic E-state index is 9.43. The summed E-state index contributed by atoms with van der Waals surface area (Å²) in [4.78, 5) is 5.56. The van der Waals surface area contributed by atoms with Crippen molar-refractivity contribution in [2.75, 3.05) is 13.7 Å². The first-order valence-corrected chi connectivity index (χ1v) is 9.12. The number of thiazole rings is 1.